The minimum atomic E-state index is -0.277. The summed E-state index contributed by atoms with van der Waals surface area (Å²) in [4.78, 5) is 26.4. The van der Waals surface area contributed by atoms with Crippen LogP contribution < -0.4 is 10.1 Å². The van der Waals surface area contributed by atoms with Crippen molar-refractivity contribution in [2.75, 3.05) is 26.8 Å². The second-order valence-corrected chi connectivity index (χ2v) is 7.25. The van der Waals surface area contributed by atoms with E-state index < -0.39 is 0 Å². The van der Waals surface area contributed by atoms with Gasteiger partial charge in [-0.3, -0.25) is 4.79 Å². The molecule has 0 saturated carbocycles. The smallest absolute Gasteiger partial charge is 0.409 e. The standard InChI is InChI=1S/C22H29N3O4/c1-5-29-22(27)24-12-10-17(11-13-24)23-21(26)20-14-15(2)25(16(20)3)18-6-8-19(28-4)9-7-18/h6-9,14,17H,5,10-13H2,1-4H3,(H,23,26). The first-order valence-corrected chi connectivity index (χ1v) is 10.0. The van der Waals surface area contributed by atoms with Gasteiger partial charge in [-0.1, -0.05) is 0 Å². The van der Waals surface area contributed by atoms with E-state index in [0.29, 0.717) is 25.3 Å². The molecule has 1 aliphatic heterocycles. The van der Waals surface area contributed by atoms with E-state index >= 15 is 0 Å². The van der Waals surface area contributed by atoms with Gasteiger partial charge in [-0.2, -0.15) is 0 Å². The molecule has 2 aromatic rings. The largest absolute Gasteiger partial charge is 0.497 e. The molecule has 0 bridgehead atoms. The van der Waals surface area contributed by atoms with Gasteiger partial charge in [-0.05, 0) is 63.9 Å². The fraction of sp³-hybridized carbons (Fsp3) is 0.455. The Hall–Kier alpha value is -2.96. The first-order chi connectivity index (χ1) is 13.9. The van der Waals surface area contributed by atoms with Crippen molar-refractivity contribution >= 4 is 12.0 Å². The van der Waals surface area contributed by atoms with E-state index in [1.54, 1.807) is 18.9 Å². The molecule has 7 heteroatoms. The van der Waals surface area contributed by atoms with Gasteiger partial charge in [0.1, 0.15) is 5.75 Å². The number of nitrogens with zero attached hydrogens (tertiary/aromatic N) is 2. The molecular weight excluding hydrogens is 370 g/mol. The van der Waals surface area contributed by atoms with Crippen LogP contribution in [0.3, 0.4) is 0 Å². The van der Waals surface area contributed by atoms with Crippen LogP contribution in [0.5, 0.6) is 5.75 Å². The number of aromatic nitrogens is 1. The Kier molecular flexibility index (Phi) is 6.46. The van der Waals surface area contributed by atoms with Crippen LogP contribution in [0.2, 0.25) is 0 Å². The quantitative estimate of drug-likeness (QED) is 0.836. The van der Waals surface area contributed by atoms with Crippen molar-refractivity contribution in [1.82, 2.24) is 14.8 Å². The lowest BCUT2D eigenvalue weighted by Gasteiger charge is -2.31. The van der Waals surface area contributed by atoms with Gasteiger partial charge in [0, 0.05) is 36.2 Å². The summed E-state index contributed by atoms with van der Waals surface area (Å²) in [5.41, 5.74) is 3.55. The highest BCUT2D eigenvalue weighted by atomic mass is 16.6. The third-order valence-corrected chi connectivity index (χ3v) is 5.36. The van der Waals surface area contributed by atoms with E-state index in [2.05, 4.69) is 9.88 Å². The molecule has 3 rings (SSSR count). The van der Waals surface area contributed by atoms with Gasteiger partial charge in [-0.25, -0.2) is 4.79 Å². The van der Waals surface area contributed by atoms with Crippen molar-refractivity contribution in [2.24, 2.45) is 0 Å². The number of rotatable bonds is 5. The highest BCUT2D eigenvalue weighted by molar-refractivity contribution is 5.96. The molecule has 0 spiro atoms. The molecule has 0 atom stereocenters. The fourth-order valence-corrected chi connectivity index (χ4v) is 3.81. The SMILES string of the molecule is CCOC(=O)N1CCC(NC(=O)c2cc(C)n(-c3ccc(OC)cc3)c2C)CC1. The van der Waals surface area contributed by atoms with Crippen LogP contribution in [0, 0.1) is 13.8 Å². The molecule has 0 aliphatic carbocycles. The average Bonchev–Trinajstić information content (AvgIpc) is 3.03. The van der Waals surface area contributed by atoms with Crippen molar-refractivity contribution in [3.05, 3.63) is 47.3 Å². The van der Waals surface area contributed by atoms with E-state index in [1.165, 1.54) is 0 Å². The third-order valence-electron chi connectivity index (χ3n) is 5.36. The normalized spacial score (nSPS) is 14.6. The monoisotopic (exact) mass is 399 g/mol. The highest BCUT2D eigenvalue weighted by Gasteiger charge is 2.26. The van der Waals surface area contributed by atoms with E-state index in [1.807, 2.05) is 44.2 Å². The zero-order valence-electron chi connectivity index (χ0n) is 17.5. The molecule has 1 aliphatic rings. The van der Waals surface area contributed by atoms with Crippen LogP contribution in [-0.2, 0) is 4.74 Å². The number of nitrogens with one attached hydrogen (secondary N) is 1. The Balaban J connectivity index is 1.67. The maximum Gasteiger partial charge on any atom is 0.409 e. The molecule has 7 nitrogen and oxygen atoms in total. The highest BCUT2D eigenvalue weighted by Crippen LogP contribution is 2.23. The summed E-state index contributed by atoms with van der Waals surface area (Å²) in [6.45, 7) is 7.30. The Labute approximate surface area is 171 Å². The number of ether oxygens (including phenoxy) is 2. The molecular formula is C22H29N3O4. The maximum atomic E-state index is 12.9. The van der Waals surface area contributed by atoms with Crippen LogP contribution in [-0.4, -0.2) is 54.3 Å². The molecule has 156 valence electrons. The second-order valence-electron chi connectivity index (χ2n) is 7.25. The summed E-state index contributed by atoms with van der Waals surface area (Å²) >= 11 is 0. The zero-order chi connectivity index (χ0) is 21.0. The molecule has 1 aromatic carbocycles. The van der Waals surface area contributed by atoms with Crippen LogP contribution in [0.25, 0.3) is 5.69 Å². The molecule has 29 heavy (non-hydrogen) atoms. The minimum absolute atomic E-state index is 0.0530. The van der Waals surface area contributed by atoms with E-state index in [4.69, 9.17) is 9.47 Å². The van der Waals surface area contributed by atoms with E-state index in [-0.39, 0.29) is 18.0 Å². The van der Waals surface area contributed by atoms with Crippen molar-refractivity contribution in [3.63, 3.8) is 0 Å². The van der Waals surface area contributed by atoms with Gasteiger partial charge in [0.15, 0.2) is 0 Å². The number of carbonyl (C=O) groups excluding carboxylic acids is 2. The number of carbonyl (C=O) groups is 2. The molecule has 0 radical (unpaired) electrons. The van der Waals surface area contributed by atoms with Crippen molar-refractivity contribution in [1.29, 1.82) is 0 Å². The summed E-state index contributed by atoms with van der Waals surface area (Å²) in [5.74, 6) is 0.718. The van der Waals surface area contributed by atoms with Crippen molar-refractivity contribution in [2.45, 2.75) is 39.7 Å². The van der Waals surface area contributed by atoms with Crippen LogP contribution in [0.4, 0.5) is 4.79 Å². The number of piperidine rings is 1. The molecule has 1 aromatic heterocycles. The number of hydrogen-bond donors (Lipinski definition) is 1. The molecule has 1 N–H and O–H groups in total. The number of aryl methyl sites for hydroxylation is 1. The summed E-state index contributed by atoms with van der Waals surface area (Å²) in [7, 11) is 1.64. The summed E-state index contributed by atoms with van der Waals surface area (Å²) in [6, 6.07) is 9.74. The number of likely N-dealkylation sites (tertiary alicyclic amines) is 1. The van der Waals surface area contributed by atoms with Crippen LogP contribution in [0.15, 0.2) is 30.3 Å². The predicted octanol–water partition coefficient (Wildman–Crippen LogP) is 3.45. The van der Waals surface area contributed by atoms with E-state index in [0.717, 1.165) is 35.7 Å². The Morgan fingerprint density at radius 1 is 1.14 bits per heavy atom. The predicted molar refractivity (Wildman–Crippen MR) is 111 cm³/mol. The molecule has 2 heterocycles. The van der Waals surface area contributed by atoms with E-state index in [9.17, 15) is 9.59 Å². The molecule has 2 amide bonds. The fourth-order valence-electron chi connectivity index (χ4n) is 3.81. The number of hydrogen-bond acceptors (Lipinski definition) is 4. The van der Waals surface area contributed by atoms with Gasteiger partial charge in [0.05, 0.1) is 19.3 Å². The summed E-state index contributed by atoms with van der Waals surface area (Å²) in [6.07, 6.45) is 1.17. The lowest BCUT2D eigenvalue weighted by molar-refractivity contribution is 0.0859. The average molecular weight is 399 g/mol. The lowest BCUT2D eigenvalue weighted by Crippen LogP contribution is -2.46. The molecule has 1 fully saturated rings. The first-order valence-electron chi connectivity index (χ1n) is 10.0. The van der Waals surface area contributed by atoms with Gasteiger partial charge in [0.2, 0.25) is 0 Å². The van der Waals surface area contributed by atoms with Crippen molar-refractivity contribution in [3.8, 4) is 11.4 Å². The van der Waals surface area contributed by atoms with Crippen LogP contribution in [0.1, 0.15) is 41.5 Å². The Morgan fingerprint density at radius 2 is 1.79 bits per heavy atom. The summed E-state index contributed by atoms with van der Waals surface area (Å²) in [5, 5.41) is 3.13. The topological polar surface area (TPSA) is 72.8 Å². The number of benzene rings is 1. The zero-order valence-corrected chi connectivity index (χ0v) is 17.5. The molecule has 1 saturated heterocycles. The number of amides is 2. The van der Waals surface area contributed by atoms with Gasteiger partial charge < -0.3 is 24.3 Å². The number of methoxy groups -OCH3 is 1. The van der Waals surface area contributed by atoms with Crippen LogP contribution >= 0.6 is 0 Å². The lowest BCUT2D eigenvalue weighted by atomic mass is 10.0. The van der Waals surface area contributed by atoms with Crippen molar-refractivity contribution < 1.29 is 19.1 Å². The van der Waals surface area contributed by atoms with Gasteiger partial charge >= 0.3 is 6.09 Å². The Morgan fingerprint density at radius 3 is 2.38 bits per heavy atom. The second kappa shape index (κ2) is 9.03. The minimum Gasteiger partial charge on any atom is -0.497 e. The third kappa shape index (κ3) is 4.55. The molecule has 0 unspecified atom stereocenters. The first kappa shape index (κ1) is 20.8. The Bertz CT molecular complexity index is 865. The maximum absolute atomic E-state index is 12.9. The van der Waals surface area contributed by atoms with Gasteiger partial charge in [-0.15, -0.1) is 0 Å². The summed E-state index contributed by atoms with van der Waals surface area (Å²) < 4.78 is 12.3. The van der Waals surface area contributed by atoms with Gasteiger partial charge in [0.25, 0.3) is 5.91 Å².